The van der Waals surface area contributed by atoms with Crippen molar-refractivity contribution >= 4 is 23.3 Å². The molecular formula is C14H17N5S. The Labute approximate surface area is 123 Å². The summed E-state index contributed by atoms with van der Waals surface area (Å²) < 4.78 is 1.77. The van der Waals surface area contributed by atoms with Gasteiger partial charge in [0, 0.05) is 6.54 Å². The highest BCUT2D eigenvalue weighted by molar-refractivity contribution is 7.80. The number of hydrogen-bond acceptors (Lipinski definition) is 3. The predicted octanol–water partition coefficient (Wildman–Crippen LogP) is 2.11. The fourth-order valence-corrected chi connectivity index (χ4v) is 1.79. The lowest BCUT2D eigenvalue weighted by Crippen LogP contribution is -2.28. The lowest BCUT2D eigenvalue weighted by Gasteiger charge is -2.04. The molecule has 1 aromatic heterocycles. The van der Waals surface area contributed by atoms with E-state index >= 15 is 0 Å². The van der Waals surface area contributed by atoms with E-state index in [2.05, 4.69) is 58.5 Å². The average molecular weight is 287 g/mol. The maximum absolute atomic E-state index is 5.10. The van der Waals surface area contributed by atoms with Crippen LogP contribution in [0.5, 0.6) is 0 Å². The normalized spacial score (nSPS) is 10.1. The Morgan fingerprint density at radius 1 is 1.40 bits per heavy atom. The molecule has 1 heterocycles. The van der Waals surface area contributed by atoms with Crippen LogP contribution in [0.4, 0.5) is 5.95 Å². The number of aromatic nitrogens is 3. The van der Waals surface area contributed by atoms with E-state index < -0.39 is 0 Å². The van der Waals surface area contributed by atoms with Crippen molar-refractivity contribution in [2.45, 2.75) is 13.5 Å². The Hall–Kier alpha value is -2.21. The second-order valence-corrected chi connectivity index (χ2v) is 4.78. The maximum Gasteiger partial charge on any atom is 0.248 e. The quantitative estimate of drug-likeness (QED) is 0.651. The lowest BCUT2D eigenvalue weighted by atomic mass is 10.1. The van der Waals surface area contributed by atoms with E-state index in [-0.39, 0.29) is 0 Å². The van der Waals surface area contributed by atoms with Gasteiger partial charge in [-0.25, -0.2) is 9.67 Å². The largest absolute Gasteiger partial charge is 0.359 e. The van der Waals surface area contributed by atoms with Gasteiger partial charge in [0.15, 0.2) is 5.11 Å². The van der Waals surface area contributed by atoms with Crippen LogP contribution in [-0.2, 0) is 6.54 Å². The second-order valence-electron chi connectivity index (χ2n) is 4.38. The molecule has 104 valence electrons. The molecule has 0 bridgehead atoms. The molecule has 20 heavy (non-hydrogen) atoms. The zero-order chi connectivity index (χ0) is 14.4. The van der Waals surface area contributed by atoms with Gasteiger partial charge in [-0.3, -0.25) is 5.32 Å². The minimum atomic E-state index is 0.484. The fraction of sp³-hybridized carbons (Fsp3) is 0.214. The summed E-state index contributed by atoms with van der Waals surface area (Å²) in [6.07, 6.45) is 3.41. The number of nitrogens with zero attached hydrogens (tertiary/aromatic N) is 3. The summed E-state index contributed by atoms with van der Waals surface area (Å²) in [5.41, 5.74) is 2.42. The van der Waals surface area contributed by atoms with Crippen molar-refractivity contribution in [1.29, 1.82) is 0 Å². The molecule has 1 aromatic carbocycles. The van der Waals surface area contributed by atoms with E-state index in [1.54, 1.807) is 17.1 Å². The van der Waals surface area contributed by atoms with Crippen LogP contribution in [0.25, 0.3) is 0 Å². The van der Waals surface area contributed by atoms with Crippen molar-refractivity contribution in [1.82, 2.24) is 20.1 Å². The van der Waals surface area contributed by atoms with Gasteiger partial charge in [-0.1, -0.05) is 35.9 Å². The molecular weight excluding hydrogens is 270 g/mol. The maximum atomic E-state index is 5.10. The molecule has 0 fully saturated rings. The standard InChI is InChI=1S/C14H17N5S/c1-3-8-15-14(20)17-13-16-10-19(18-13)9-12-6-4-11(2)5-7-12/h3-7,10H,1,8-9H2,2H3,(H2,15,17,18,20). The molecule has 0 radical (unpaired) electrons. The highest BCUT2D eigenvalue weighted by atomic mass is 32.1. The van der Waals surface area contributed by atoms with Crippen molar-refractivity contribution in [3.05, 3.63) is 54.4 Å². The fourth-order valence-electron chi connectivity index (χ4n) is 1.62. The van der Waals surface area contributed by atoms with E-state index in [1.807, 2.05) is 0 Å². The summed E-state index contributed by atoms with van der Waals surface area (Å²) in [6.45, 7) is 6.97. The molecule has 0 saturated carbocycles. The Morgan fingerprint density at radius 3 is 2.85 bits per heavy atom. The molecule has 2 aromatic rings. The van der Waals surface area contributed by atoms with Crippen LogP contribution in [0, 0.1) is 6.92 Å². The molecule has 2 rings (SSSR count). The molecule has 0 aliphatic rings. The Kier molecular flexibility index (Phi) is 4.84. The van der Waals surface area contributed by atoms with Gasteiger partial charge in [0.05, 0.1) is 6.54 Å². The van der Waals surface area contributed by atoms with Crippen molar-refractivity contribution in [2.24, 2.45) is 0 Å². The minimum Gasteiger partial charge on any atom is -0.359 e. The molecule has 0 unspecified atom stereocenters. The van der Waals surface area contributed by atoms with Gasteiger partial charge in [0.1, 0.15) is 6.33 Å². The van der Waals surface area contributed by atoms with Gasteiger partial charge in [-0.05, 0) is 24.7 Å². The molecule has 0 aliphatic heterocycles. The smallest absolute Gasteiger partial charge is 0.248 e. The molecule has 0 spiro atoms. The average Bonchev–Trinajstić information content (AvgIpc) is 2.86. The summed E-state index contributed by atoms with van der Waals surface area (Å²) in [6, 6.07) is 8.33. The lowest BCUT2D eigenvalue weighted by molar-refractivity contribution is 0.687. The number of benzene rings is 1. The number of rotatable bonds is 5. The zero-order valence-electron chi connectivity index (χ0n) is 11.3. The van der Waals surface area contributed by atoms with Gasteiger partial charge in [0.2, 0.25) is 5.95 Å². The van der Waals surface area contributed by atoms with Gasteiger partial charge in [-0.15, -0.1) is 11.7 Å². The SMILES string of the molecule is C=CCNC(=S)Nc1ncn(Cc2ccc(C)cc2)n1. The van der Waals surface area contributed by atoms with Crippen molar-refractivity contribution in [3.8, 4) is 0 Å². The van der Waals surface area contributed by atoms with E-state index in [0.717, 1.165) is 0 Å². The number of aryl methyl sites for hydroxylation is 1. The second kappa shape index (κ2) is 6.81. The minimum absolute atomic E-state index is 0.484. The molecule has 0 atom stereocenters. The summed E-state index contributed by atoms with van der Waals surface area (Å²) in [5, 5.41) is 10.7. The van der Waals surface area contributed by atoms with Crippen molar-refractivity contribution in [3.63, 3.8) is 0 Å². The van der Waals surface area contributed by atoms with Gasteiger partial charge < -0.3 is 5.32 Å². The topological polar surface area (TPSA) is 54.8 Å². The first-order chi connectivity index (χ1) is 9.67. The molecule has 6 heteroatoms. The van der Waals surface area contributed by atoms with E-state index in [9.17, 15) is 0 Å². The van der Waals surface area contributed by atoms with Crippen LogP contribution in [0.2, 0.25) is 0 Å². The van der Waals surface area contributed by atoms with Gasteiger partial charge in [-0.2, -0.15) is 0 Å². The van der Waals surface area contributed by atoms with Crippen LogP contribution in [-0.4, -0.2) is 26.4 Å². The third-order valence-corrected chi connectivity index (χ3v) is 2.88. The van der Waals surface area contributed by atoms with Crippen LogP contribution < -0.4 is 10.6 Å². The highest BCUT2D eigenvalue weighted by Crippen LogP contribution is 2.05. The summed E-state index contributed by atoms with van der Waals surface area (Å²) in [5.74, 6) is 0.485. The van der Waals surface area contributed by atoms with Crippen LogP contribution in [0.3, 0.4) is 0 Å². The Morgan fingerprint density at radius 2 is 2.15 bits per heavy atom. The molecule has 5 nitrogen and oxygen atoms in total. The number of hydrogen-bond donors (Lipinski definition) is 2. The molecule has 2 N–H and O–H groups in total. The Bertz CT molecular complexity index is 588. The predicted molar refractivity (Wildman–Crippen MR) is 84.7 cm³/mol. The first kappa shape index (κ1) is 14.2. The third kappa shape index (κ3) is 4.17. The van der Waals surface area contributed by atoms with E-state index in [0.29, 0.717) is 24.2 Å². The Balaban J connectivity index is 1.93. The first-order valence-electron chi connectivity index (χ1n) is 6.28. The van der Waals surface area contributed by atoms with Crippen molar-refractivity contribution < 1.29 is 0 Å². The summed E-state index contributed by atoms with van der Waals surface area (Å²) in [4.78, 5) is 4.17. The van der Waals surface area contributed by atoms with Crippen LogP contribution >= 0.6 is 12.2 Å². The highest BCUT2D eigenvalue weighted by Gasteiger charge is 2.03. The van der Waals surface area contributed by atoms with Crippen LogP contribution in [0.15, 0.2) is 43.2 Å². The number of anilines is 1. The first-order valence-corrected chi connectivity index (χ1v) is 6.69. The molecule has 0 saturated heterocycles. The number of nitrogens with one attached hydrogen (secondary N) is 2. The zero-order valence-corrected chi connectivity index (χ0v) is 12.2. The van der Waals surface area contributed by atoms with E-state index in [1.165, 1.54) is 11.1 Å². The molecule has 0 amide bonds. The third-order valence-electron chi connectivity index (χ3n) is 2.63. The monoisotopic (exact) mass is 287 g/mol. The molecule has 0 aliphatic carbocycles. The van der Waals surface area contributed by atoms with Gasteiger partial charge >= 0.3 is 0 Å². The summed E-state index contributed by atoms with van der Waals surface area (Å²) in [7, 11) is 0. The van der Waals surface area contributed by atoms with Gasteiger partial charge in [0.25, 0.3) is 0 Å². The number of thiocarbonyl (C=S) groups is 1. The summed E-state index contributed by atoms with van der Waals surface area (Å²) >= 11 is 5.10. The van der Waals surface area contributed by atoms with E-state index in [4.69, 9.17) is 12.2 Å². The van der Waals surface area contributed by atoms with Crippen LogP contribution in [0.1, 0.15) is 11.1 Å². The van der Waals surface area contributed by atoms with Crippen molar-refractivity contribution in [2.75, 3.05) is 11.9 Å².